The third-order valence-corrected chi connectivity index (χ3v) is 7.27. The van der Waals surface area contributed by atoms with Gasteiger partial charge in [-0.15, -0.1) is 0 Å². The molecule has 0 bridgehead atoms. The minimum atomic E-state index is -2.64. The molecule has 4 aromatic rings. The van der Waals surface area contributed by atoms with Gasteiger partial charge >= 0.3 is 5.69 Å². The smallest absolute Gasteiger partial charge is 0.332 e. The van der Waals surface area contributed by atoms with Crippen LogP contribution in [-0.4, -0.2) is 55.8 Å². The maximum absolute atomic E-state index is 14.8. The van der Waals surface area contributed by atoms with Gasteiger partial charge < -0.3 is 14.6 Å². The number of imidazole rings is 1. The lowest BCUT2D eigenvalue weighted by Crippen LogP contribution is -2.53. The molecule has 0 aliphatic carbocycles. The van der Waals surface area contributed by atoms with E-state index in [1.807, 2.05) is 18.2 Å². The summed E-state index contributed by atoms with van der Waals surface area (Å²) >= 11 is 6.49. The van der Waals surface area contributed by atoms with E-state index < -0.39 is 18.6 Å². The van der Waals surface area contributed by atoms with E-state index in [9.17, 15) is 14.3 Å². The molecule has 9 heteroatoms. The predicted molar refractivity (Wildman–Crippen MR) is 150 cm³/mol. The van der Waals surface area contributed by atoms with Gasteiger partial charge in [0.25, 0.3) is 0 Å². The van der Waals surface area contributed by atoms with Gasteiger partial charge in [0.1, 0.15) is 11.4 Å². The Hall–Kier alpha value is -3.62. The van der Waals surface area contributed by atoms with Crippen molar-refractivity contribution in [1.29, 1.82) is 0 Å². The number of anilines is 1. The first-order valence-electron chi connectivity index (χ1n) is 13.8. The van der Waals surface area contributed by atoms with Crippen LogP contribution in [0.3, 0.4) is 0 Å². The van der Waals surface area contributed by atoms with E-state index in [2.05, 4.69) is 35.6 Å². The average molecular weight is 539 g/mol. The molecule has 0 amide bonds. The highest BCUT2D eigenvalue weighted by atomic mass is 35.5. The summed E-state index contributed by atoms with van der Waals surface area (Å²) in [7, 11) is 0. The summed E-state index contributed by atoms with van der Waals surface area (Å²) in [5.41, 5.74) is 1.78. The van der Waals surface area contributed by atoms with Crippen LogP contribution in [-0.2, 0) is 6.98 Å². The summed E-state index contributed by atoms with van der Waals surface area (Å²) < 4.78 is 39.1. The maximum Gasteiger partial charge on any atom is 0.332 e. The summed E-state index contributed by atoms with van der Waals surface area (Å²) in [6.07, 6.45) is 2.47. The lowest BCUT2D eigenvalue weighted by Gasteiger charge is -2.43. The van der Waals surface area contributed by atoms with Crippen molar-refractivity contribution in [1.82, 2.24) is 19.0 Å². The molecule has 0 radical (unpaired) electrons. The molecule has 1 aliphatic heterocycles. The van der Waals surface area contributed by atoms with Crippen LogP contribution in [0.25, 0.3) is 28.1 Å². The highest BCUT2D eigenvalue weighted by molar-refractivity contribution is 6.32. The summed E-state index contributed by atoms with van der Waals surface area (Å²) in [6, 6.07) is 13.2. The zero-order chi connectivity index (χ0) is 29.7. The number of halogens is 2. The Kier molecular flexibility index (Phi) is 5.84. The van der Waals surface area contributed by atoms with Crippen LogP contribution >= 0.6 is 11.6 Å². The van der Waals surface area contributed by atoms with E-state index in [0.717, 1.165) is 48.7 Å². The predicted octanol–water partition coefficient (Wildman–Crippen LogP) is 5.32. The Morgan fingerprint density at radius 2 is 1.79 bits per heavy atom. The fraction of sp³-hybridized carbons (Fsp3) is 0.310. The number of benzene rings is 2. The third-order valence-electron chi connectivity index (χ3n) is 6.97. The molecule has 1 fully saturated rings. The van der Waals surface area contributed by atoms with E-state index >= 15 is 0 Å². The fourth-order valence-electron chi connectivity index (χ4n) is 4.84. The summed E-state index contributed by atoms with van der Waals surface area (Å²) in [5, 5.41) is 11.4. The molecule has 1 aliphatic rings. The normalized spacial score (nSPS) is 16.2. The van der Waals surface area contributed by atoms with E-state index in [1.54, 1.807) is 12.1 Å². The van der Waals surface area contributed by atoms with Crippen LogP contribution in [0.15, 0.2) is 65.7 Å². The molecule has 7 nitrogen and oxygen atoms in total. The van der Waals surface area contributed by atoms with Crippen molar-refractivity contribution in [2.24, 2.45) is 6.98 Å². The highest BCUT2D eigenvalue weighted by Gasteiger charge is 2.26. The number of pyridine rings is 1. The van der Waals surface area contributed by atoms with Crippen LogP contribution in [0.4, 0.5) is 10.1 Å². The molecule has 5 rings (SSSR count). The quantitative estimate of drug-likeness (QED) is 0.356. The molecule has 0 saturated carbocycles. The number of piperazine rings is 1. The van der Waals surface area contributed by atoms with Gasteiger partial charge in [-0.25, -0.2) is 9.78 Å². The van der Waals surface area contributed by atoms with E-state index in [4.69, 9.17) is 15.7 Å². The SMILES string of the molecule is [2H]C([2H])([2H])n1ccn(-c2ccc(-c3cc(F)nc(-c4cccc(N5CCN(C(C)(C)C)CC5)c4)c3O)cc2Cl)c1=O. The first-order valence-corrected chi connectivity index (χ1v) is 12.7. The minimum absolute atomic E-state index is 0.0985. The van der Waals surface area contributed by atoms with Gasteiger partial charge in [0.15, 0.2) is 0 Å². The second-order valence-electron chi connectivity index (χ2n) is 10.4. The van der Waals surface area contributed by atoms with Gasteiger partial charge in [-0.05, 0) is 50.6 Å². The molecule has 2 aromatic heterocycles. The third kappa shape index (κ3) is 4.93. The topological polar surface area (TPSA) is 66.5 Å². The van der Waals surface area contributed by atoms with Crippen molar-refractivity contribution in [2.45, 2.75) is 26.3 Å². The summed E-state index contributed by atoms with van der Waals surface area (Å²) in [6.45, 7) is 7.51. The van der Waals surface area contributed by atoms with Gasteiger partial charge in [0.2, 0.25) is 5.95 Å². The van der Waals surface area contributed by atoms with Crippen LogP contribution in [0.1, 0.15) is 24.9 Å². The van der Waals surface area contributed by atoms with Crippen molar-refractivity contribution in [3.63, 3.8) is 0 Å². The standard InChI is InChI=1S/C29H31ClFN5O2/c1-29(2,3)35-13-11-34(12-14-35)21-7-5-6-20(16-21)26-27(37)22(18-25(31)32-26)19-8-9-24(23(30)17-19)36-15-10-33(4)28(36)38/h5-10,15-18,37H,11-14H2,1-4H3/i4D3. The van der Waals surface area contributed by atoms with Gasteiger partial charge in [0.05, 0.1) is 10.7 Å². The maximum atomic E-state index is 14.8. The zero-order valence-corrected chi connectivity index (χ0v) is 22.2. The van der Waals surface area contributed by atoms with Crippen LogP contribution in [0, 0.1) is 5.95 Å². The van der Waals surface area contributed by atoms with Gasteiger partial charge in [-0.1, -0.05) is 29.8 Å². The average Bonchev–Trinajstić information content (AvgIpc) is 3.31. The summed E-state index contributed by atoms with van der Waals surface area (Å²) in [4.78, 5) is 21.3. The fourth-order valence-corrected chi connectivity index (χ4v) is 5.12. The highest BCUT2D eigenvalue weighted by Crippen LogP contribution is 2.39. The molecule has 198 valence electrons. The molecule has 2 aromatic carbocycles. The molecule has 0 unspecified atom stereocenters. The molecular formula is C29H31ClFN5O2. The van der Waals surface area contributed by atoms with E-state index in [0.29, 0.717) is 15.7 Å². The van der Waals surface area contributed by atoms with Crippen LogP contribution in [0.2, 0.25) is 5.02 Å². The van der Waals surface area contributed by atoms with Gasteiger partial charge in [-0.3, -0.25) is 9.47 Å². The number of hydrogen-bond acceptors (Lipinski definition) is 5. The minimum Gasteiger partial charge on any atom is -0.505 e. The number of aryl methyl sites for hydroxylation is 1. The Morgan fingerprint density at radius 3 is 2.45 bits per heavy atom. The lowest BCUT2D eigenvalue weighted by atomic mass is 10.0. The molecular weight excluding hydrogens is 505 g/mol. The second kappa shape index (κ2) is 9.93. The Morgan fingerprint density at radius 1 is 1.03 bits per heavy atom. The van der Waals surface area contributed by atoms with E-state index in [-0.39, 0.29) is 33.3 Å². The van der Waals surface area contributed by atoms with Crippen molar-refractivity contribution < 1.29 is 13.6 Å². The molecule has 38 heavy (non-hydrogen) atoms. The monoisotopic (exact) mass is 538 g/mol. The molecule has 0 atom stereocenters. The first-order chi connectivity index (χ1) is 19.2. The van der Waals surface area contributed by atoms with E-state index in [1.165, 1.54) is 18.3 Å². The number of nitrogens with zero attached hydrogens (tertiary/aromatic N) is 5. The summed E-state index contributed by atoms with van der Waals surface area (Å²) in [5.74, 6) is -0.987. The molecule has 1 N–H and O–H groups in total. The van der Waals surface area contributed by atoms with Crippen molar-refractivity contribution in [3.8, 4) is 33.8 Å². The van der Waals surface area contributed by atoms with Crippen LogP contribution in [0.5, 0.6) is 5.75 Å². The number of hydrogen-bond donors (Lipinski definition) is 1. The lowest BCUT2D eigenvalue weighted by molar-refractivity contribution is 0.128. The Labute approximate surface area is 230 Å². The van der Waals surface area contributed by atoms with Gasteiger partial charge in [0, 0.05) is 78.1 Å². The Bertz CT molecular complexity index is 1650. The van der Waals surface area contributed by atoms with Crippen molar-refractivity contribution in [2.75, 3.05) is 31.1 Å². The zero-order valence-electron chi connectivity index (χ0n) is 24.4. The molecule has 3 heterocycles. The largest absolute Gasteiger partial charge is 0.505 e. The molecule has 1 saturated heterocycles. The number of aromatic nitrogens is 3. The number of rotatable bonds is 4. The first kappa shape index (κ1) is 22.4. The Balaban J connectivity index is 1.46. The van der Waals surface area contributed by atoms with Crippen molar-refractivity contribution in [3.05, 3.63) is 82.4 Å². The van der Waals surface area contributed by atoms with Gasteiger partial charge in [-0.2, -0.15) is 4.39 Å². The molecule has 0 spiro atoms. The van der Waals surface area contributed by atoms with Crippen LogP contribution < -0.4 is 10.6 Å². The second-order valence-corrected chi connectivity index (χ2v) is 10.8. The number of aromatic hydroxyl groups is 1. The van der Waals surface area contributed by atoms with Crippen molar-refractivity contribution >= 4 is 17.3 Å².